The highest BCUT2D eigenvalue weighted by molar-refractivity contribution is 7.47. The minimum atomic E-state index is -4.40. The maximum atomic E-state index is 12.8. The third-order valence-electron chi connectivity index (χ3n) is 16.2. The number of allylic oxidation sites excluding steroid dienone is 24. The number of phosphoric ester groups is 1. The van der Waals surface area contributed by atoms with Gasteiger partial charge in [-0.3, -0.25) is 18.6 Å². The number of rotatable bonds is 71. The van der Waals surface area contributed by atoms with Crippen LogP contribution in [0.5, 0.6) is 0 Å². The van der Waals surface area contributed by atoms with Gasteiger partial charge in [0.25, 0.3) is 0 Å². The fourth-order valence-electron chi connectivity index (χ4n) is 10.6. The lowest BCUT2D eigenvalue weighted by Crippen LogP contribution is -2.29. The Morgan fingerprint density at radius 1 is 0.323 bits per heavy atom. The van der Waals surface area contributed by atoms with Gasteiger partial charge in [0.15, 0.2) is 6.10 Å². The molecule has 0 bridgehead atoms. The molecule has 0 aromatic rings. The highest BCUT2D eigenvalue weighted by Gasteiger charge is 2.26. The molecule has 2 unspecified atom stereocenters. The molecule has 532 valence electrons. The molecule has 2 atom stereocenters. The smallest absolute Gasteiger partial charge is 0.462 e. The molecule has 0 rings (SSSR count). The zero-order valence-electron chi connectivity index (χ0n) is 59.9. The molecule has 0 aliphatic carbocycles. The molecule has 0 aliphatic heterocycles. The highest BCUT2D eigenvalue weighted by Crippen LogP contribution is 2.43. The van der Waals surface area contributed by atoms with Crippen LogP contribution < -0.4 is 5.73 Å². The van der Waals surface area contributed by atoms with E-state index in [-0.39, 0.29) is 38.6 Å². The summed E-state index contributed by atoms with van der Waals surface area (Å²) in [6.45, 7) is 3.55. The molecule has 0 aliphatic rings. The first kappa shape index (κ1) is 88.9. The van der Waals surface area contributed by atoms with Crippen molar-refractivity contribution in [3.8, 4) is 0 Å². The Morgan fingerprint density at radius 2 is 0.559 bits per heavy atom. The van der Waals surface area contributed by atoms with Crippen molar-refractivity contribution < 1.29 is 37.6 Å². The van der Waals surface area contributed by atoms with Gasteiger partial charge in [0.1, 0.15) is 6.61 Å². The lowest BCUT2D eigenvalue weighted by molar-refractivity contribution is -0.161. The highest BCUT2D eigenvalue weighted by atomic mass is 31.2. The molecule has 0 aromatic carbocycles. The van der Waals surface area contributed by atoms with Crippen LogP contribution in [0.15, 0.2) is 146 Å². The molecule has 93 heavy (non-hydrogen) atoms. The van der Waals surface area contributed by atoms with E-state index in [9.17, 15) is 19.0 Å². The van der Waals surface area contributed by atoms with Crippen LogP contribution >= 0.6 is 7.82 Å². The standard InChI is InChI=1S/C83H142NO8P/c1-3-5-7-9-11-13-15-17-19-21-23-25-27-29-31-33-35-36-37-38-39-40-41-42-43-44-46-48-50-52-54-56-58-60-62-64-66-68-70-72-74-76-83(86)92-81(80-91-93(87,88)90-78-77-84)79-89-82(85)75-73-71-69-67-65-63-61-59-57-55-53-51-49-47-45-34-32-30-28-26-24-22-20-18-16-14-12-10-8-6-4-2/h5-8,11-14,17-20,23-26,29-32,35-36,38-39,81H,3-4,9-10,15-16,21-22,27-28,33-34,37,40-80,84H2,1-2H3,(H,87,88)/b7-5-,8-6-,13-11-,14-12-,19-17-,20-18-,25-23-,26-24-,31-29-,32-30-,36-35-,39-38-. The van der Waals surface area contributed by atoms with E-state index >= 15 is 0 Å². The van der Waals surface area contributed by atoms with Gasteiger partial charge in [0.2, 0.25) is 0 Å². The van der Waals surface area contributed by atoms with E-state index in [0.717, 1.165) is 116 Å². The first-order chi connectivity index (χ1) is 45.8. The molecule has 3 N–H and O–H groups in total. The number of nitrogens with two attached hydrogens (primary N) is 1. The van der Waals surface area contributed by atoms with Crippen LogP contribution in [0.3, 0.4) is 0 Å². The van der Waals surface area contributed by atoms with Crippen molar-refractivity contribution in [2.24, 2.45) is 5.73 Å². The van der Waals surface area contributed by atoms with E-state index in [1.54, 1.807) is 0 Å². The number of ether oxygens (including phenoxy) is 2. The number of esters is 2. The molecular formula is C83H142NO8P. The average molecular weight is 1310 g/mol. The van der Waals surface area contributed by atoms with E-state index in [0.29, 0.717) is 6.42 Å². The predicted octanol–water partition coefficient (Wildman–Crippen LogP) is 25.8. The number of phosphoric acid groups is 1. The van der Waals surface area contributed by atoms with Crippen molar-refractivity contribution >= 4 is 19.8 Å². The van der Waals surface area contributed by atoms with Gasteiger partial charge in [-0.05, 0) is 116 Å². The van der Waals surface area contributed by atoms with E-state index in [4.69, 9.17) is 24.3 Å². The largest absolute Gasteiger partial charge is 0.472 e. The van der Waals surface area contributed by atoms with Gasteiger partial charge in [0.05, 0.1) is 13.2 Å². The van der Waals surface area contributed by atoms with Crippen molar-refractivity contribution in [1.82, 2.24) is 0 Å². The minimum Gasteiger partial charge on any atom is -0.462 e. The van der Waals surface area contributed by atoms with Gasteiger partial charge >= 0.3 is 19.8 Å². The summed E-state index contributed by atoms with van der Waals surface area (Å²) in [4.78, 5) is 35.4. The molecule has 0 saturated heterocycles. The monoisotopic (exact) mass is 1310 g/mol. The number of hydrogen-bond donors (Lipinski definition) is 2. The topological polar surface area (TPSA) is 134 Å². The number of hydrogen-bond acceptors (Lipinski definition) is 8. The Kier molecular flexibility index (Phi) is 73.5. The Labute approximate surface area is 573 Å². The van der Waals surface area contributed by atoms with Gasteiger partial charge < -0.3 is 20.1 Å². The molecule has 9 nitrogen and oxygen atoms in total. The SMILES string of the molecule is CC/C=C\C/C=C\C/C=C\C/C=C\C/C=C\C/C=C\C/C=C\CCCCCCCCCCCCCCCCCCCCCC(=O)OC(COC(=O)CCCCCCCCCCCCCCCCC/C=C\C/C=C\C/C=C\C/C=C\C/C=C\CC)COP(=O)(O)OCCN. The Hall–Kier alpha value is -4.11. The predicted molar refractivity (Wildman–Crippen MR) is 404 cm³/mol. The van der Waals surface area contributed by atoms with Crippen LogP contribution in [0, 0.1) is 0 Å². The third kappa shape index (κ3) is 76.8. The molecule has 10 heteroatoms. The summed E-state index contributed by atoms with van der Waals surface area (Å²) >= 11 is 0. The summed E-state index contributed by atoms with van der Waals surface area (Å²) in [5, 5.41) is 0. The van der Waals surface area contributed by atoms with Crippen LogP contribution in [0.25, 0.3) is 0 Å². The van der Waals surface area contributed by atoms with Gasteiger partial charge in [-0.25, -0.2) is 4.57 Å². The van der Waals surface area contributed by atoms with Crippen molar-refractivity contribution in [3.05, 3.63) is 146 Å². The van der Waals surface area contributed by atoms with Crippen LogP contribution in [-0.4, -0.2) is 49.3 Å². The zero-order valence-corrected chi connectivity index (χ0v) is 60.8. The van der Waals surface area contributed by atoms with Gasteiger partial charge in [-0.2, -0.15) is 0 Å². The fourth-order valence-corrected chi connectivity index (χ4v) is 11.4. The summed E-state index contributed by atoms with van der Waals surface area (Å²) in [6, 6.07) is 0. The average Bonchev–Trinajstić information content (AvgIpc) is 3.49. The van der Waals surface area contributed by atoms with Crippen molar-refractivity contribution in [2.45, 2.75) is 341 Å². The molecule has 0 saturated carbocycles. The summed E-state index contributed by atoms with van der Waals surface area (Å²) in [5.74, 6) is -0.820. The van der Waals surface area contributed by atoms with Crippen molar-refractivity contribution in [3.63, 3.8) is 0 Å². The van der Waals surface area contributed by atoms with E-state index in [1.165, 1.54) is 186 Å². The summed E-state index contributed by atoms with van der Waals surface area (Å²) in [6.07, 6.45) is 111. The second-order valence-corrected chi connectivity index (χ2v) is 26.6. The second kappa shape index (κ2) is 76.9. The first-order valence-electron chi connectivity index (χ1n) is 38.3. The van der Waals surface area contributed by atoms with Crippen molar-refractivity contribution in [2.75, 3.05) is 26.4 Å². The van der Waals surface area contributed by atoms with Gasteiger partial charge in [-0.1, -0.05) is 352 Å². The van der Waals surface area contributed by atoms with E-state index < -0.39 is 26.5 Å². The van der Waals surface area contributed by atoms with Crippen molar-refractivity contribution in [1.29, 1.82) is 0 Å². The molecule has 0 radical (unpaired) electrons. The molecule has 0 heterocycles. The van der Waals surface area contributed by atoms with Crippen LogP contribution in [0.1, 0.15) is 335 Å². The molecule has 0 spiro atoms. The number of unbranched alkanes of at least 4 members (excludes halogenated alkanes) is 34. The Bertz CT molecular complexity index is 2040. The maximum absolute atomic E-state index is 12.8. The molecule has 0 aromatic heterocycles. The molecular weight excluding hydrogens is 1170 g/mol. The van der Waals surface area contributed by atoms with Gasteiger partial charge in [0, 0.05) is 19.4 Å². The number of carbonyl (C=O) groups excluding carboxylic acids is 2. The maximum Gasteiger partial charge on any atom is 0.472 e. The summed E-state index contributed by atoms with van der Waals surface area (Å²) in [5.41, 5.74) is 5.41. The van der Waals surface area contributed by atoms with Crippen LogP contribution in [0.4, 0.5) is 0 Å². The third-order valence-corrected chi connectivity index (χ3v) is 17.2. The Morgan fingerprint density at radius 3 is 0.828 bits per heavy atom. The number of carbonyl (C=O) groups is 2. The lowest BCUT2D eigenvalue weighted by atomic mass is 10.0. The van der Waals surface area contributed by atoms with Crippen LogP contribution in [-0.2, 0) is 32.7 Å². The van der Waals surface area contributed by atoms with E-state index in [2.05, 4.69) is 160 Å². The van der Waals surface area contributed by atoms with Crippen LogP contribution in [0.2, 0.25) is 0 Å². The quantitative estimate of drug-likeness (QED) is 0.0264. The lowest BCUT2D eigenvalue weighted by Gasteiger charge is -2.19. The molecule has 0 amide bonds. The molecule has 0 fully saturated rings. The minimum absolute atomic E-state index is 0.0500. The second-order valence-electron chi connectivity index (χ2n) is 25.1. The zero-order chi connectivity index (χ0) is 67.2. The van der Waals surface area contributed by atoms with E-state index in [1.807, 2.05) is 0 Å². The summed E-state index contributed by atoms with van der Waals surface area (Å²) < 4.78 is 33.3. The fraction of sp³-hybridized carbons (Fsp3) is 0.687. The first-order valence-corrected chi connectivity index (χ1v) is 39.8. The summed E-state index contributed by atoms with van der Waals surface area (Å²) in [7, 11) is -4.40. The normalized spacial score (nSPS) is 13.7. The van der Waals surface area contributed by atoms with Gasteiger partial charge in [-0.15, -0.1) is 0 Å². The Balaban J connectivity index is 3.83.